The first kappa shape index (κ1) is 21.9. The Hall–Kier alpha value is -1.08. The van der Waals surface area contributed by atoms with E-state index in [1.165, 1.54) is 0 Å². The molecule has 1 fully saturated rings. The summed E-state index contributed by atoms with van der Waals surface area (Å²) in [5.41, 5.74) is 1.05. The van der Waals surface area contributed by atoms with Gasteiger partial charge >= 0.3 is 0 Å². The van der Waals surface area contributed by atoms with Crippen LogP contribution in [0.15, 0.2) is 18.3 Å². The lowest BCUT2D eigenvalue weighted by molar-refractivity contribution is -0.124. The predicted molar refractivity (Wildman–Crippen MR) is 96.7 cm³/mol. The molecule has 23 heavy (non-hydrogen) atoms. The number of carbonyl (C=O) groups excluding carboxylic acids is 1. The van der Waals surface area contributed by atoms with E-state index in [0.717, 1.165) is 37.7 Å². The van der Waals surface area contributed by atoms with Gasteiger partial charge in [0.05, 0.1) is 13.2 Å². The minimum absolute atomic E-state index is 0. The number of nitrogens with one attached hydrogen (secondary N) is 2. The maximum Gasteiger partial charge on any atom is 0.224 e. The Morgan fingerprint density at radius 3 is 2.74 bits per heavy atom. The van der Waals surface area contributed by atoms with Crippen molar-refractivity contribution in [2.24, 2.45) is 5.92 Å². The Kier molecular flexibility index (Phi) is 10.9. The number of aromatic nitrogens is 1. The first-order valence-corrected chi connectivity index (χ1v) is 7.41. The monoisotopic (exact) mass is 364 g/mol. The molecule has 0 aliphatic carbocycles. The summed E-state index contributed by atoms with van der Waals surface area (Å²) in [7, 11) is 1.85. The van der Waals surface area contributed by atoms with Gasteiger partial charge in [0.15, 0.2) is 0 Å². The van der Waals surface area contributed by atoms with E-state index < -0.39 is 0 Å². The molecule has 2 heterocycles. The fourth-order valence-corrected chi connectivity index (χ4v) is 2.38. The van der Waals surface area contributed by atoms with Crippen LogP contribution in [0.1, 0.15) is 12.5 Å². The number of amides is 1. The van der Waals surface area contributed by atoms with Gasteiger partial charge in [-0.2, -0.15) is 0 Å². The smallest absolute Gasteiger partial charge is 0.224 e. The Bertz CT molecular complexity index is 471. The number of morpholine rings is 1. The number of hydrogen-bond acceptors (Lipinski definition) is 5. The van der Waals surface area contributed by atoms with E-state index in [1.807, 2.05) is 26.1 Å². The molecular formula is C15H26Cl2N4O2. The van der Waals surface area contributed by atoms with Crippen LogP contribution >= 0.6 is 24.8 Å². The summed E-state index contributed by atoms with van der Waals surface area (Å²) in [5.74, 6) is 0.960. The van der Waals surface area contributed by atoms with Crippen LogP contribution in [0.2, 0.25) is 0 Å². The Morgan fingerprint density at radius 1 is 1.39 bits per heavy atom. The van der Waals surface area contributed by atoms with Crippen molar-refractivity contribution in [1.82, 2.24) is 15.6 Å². The molecule has 1 aromatic rings. The molecule has 1 aromatic heterocycles. The van der Waals surface area contributed by atoms with E-state index in [1.54, 1.807) is 6.20 Å². The normalized spacial score (nSPS) is 15.1. The molecule has 0 bridgehead atoms. The number of anilines is 1. The highest BCUT2D eigenvalue weighted by Crippen LogP contribution is 2.18. The lowest BCUT2D eigenvalue weighted by Crippen LogP contribution is -2.38. The van der Waals surface area contributed by atoms with E-state index in [2.05, 4.69) is 20.5 Å². The molecule has 1 atom stereocenters. The van der Waals surface area contributed by atoms with Gasteiger partial charge in [-0.25, -0.2) is 4.98 Å². The average molecular weight is 365 g/mol. The molecule has 2 rings (SSSR count). The number of pyridine rings is 1. The van der Waals surface area contributed by atoms with Crippen molar-refractivity contribution < 1.29 is 9.53 Å². The quantitative estimate of drug-likeness (QED) is 0.794. The lowest BCUT2D eigenvalue weighted by atomic mass is 10.1. The van der Waals surface area contributed by atoms with Crippen molar-refractivity contribution in [3.8, 4) is 0 Å². The molecule has 6 nitrogen and oxygen atoms in total. The van der Waals surface area contributed by atoms with Crippen LogP contribution < -0.4 is 15.5 Å². The first-order chi connectivity index (χ1) is 10.2. The maximum atomic E-state index is 12.0. The third-order valence-corrected chi connectivity index (χ3v) is 3.59. The molecule has 132 valence electrons. The van der Waals surface area contributed by atoms with Crippen LogP contribution in [0.4, 0.5) is 5.82 Å². The maximum absolute atomic E-state index is 12.0. The van der Waals surface area contributed by atoms with Crippen LogP contribution in [-0.2, 0) is 16.1 Å². The highest BCUT2D eigenvalue weighted by atomic mass is 35.5. The van der Waals surface area contributed by atoms with E-state index >= 15 is 0 Å². The summed E-state index contributed by atoms with van der Waals surface area (Å²) >= 11 is 0. The van der Waals surface area contributed by atoms with Gasteiger partial charge < -0.3 is 20.3 Å². The number of ether oxygens (including phenoxy) is 1. The zero-order chi connectivity index (χ0) is 15.1. The summed E-state index contributed by atoms with van der Waals surface area (Å²) in [6.07, 6.45) is 1.79. The molecule has 1 aliphatic heterocycles. The fraction of sp³-hybridized carbons (Fsp3) is 0.600. The standard InChI is InChI=1S/C15H24N4O2.2ClH/c1-12(10-16-2)15(20)18-11-13-4-3-5-17-14(13)19-6-8-21-9-7-19;;/h3-5,12,16H,6-11H2,1-2H3,(H,18,20);2*1H. The summed E-state index contributed by atoms with van der Waals surface area (Å²) in [4.78, 5) is 18.7. The molecule has 0 saturated carbocycles. The minimum atomic E-state index is -0.0430. The molecule has 0 radical (unpaired) electrons. The Balaban J connectivity index is 0.00000242. The lowest BCUT2D eigenvalue weighted by Gasteiger charge is -2.29. The summed E-state index contributed by atoms with van der Waals surface area (Å²) in [6.45, 7) is 6.23. The predicted octanol–water partition coefficient (Wildman–Crippen LogP) is 1.23. The zero-order valence-corrected chi connectivity index (χ0v) is 15.2. The van der Waals surface area contributed by atoms with E-state index in [4.69, 9.17) is 4.74 Å². The molecule has 0 aromatic carbocycles. The third kappa shape index (κ3) is 6.51. The van der Waals surface area contributed by atoms with E-state index in [-0.39, 0.29) is 36.6 Å². The van der Waals surface area contributed by atoms with Gasteiger partial charge in [0.25, 0.3) is 0 Å². The second kappa shape index (κ2) is 11.5. The van der Waals surface area contributed by atoms with Gasteiger partial charge in [-0.05, 0) is 13.1 Å². The molecular weight excluding hydrogens is 339 g/mol. The van der Waals surface area contributed by atoms with E-state index in [9.17, 15) is 4.79 Å². The molecule has 1 saturated heterocycles. The molecule has 1 aliphatic rings. The number of nitrogens with zero attached hydrogens (tertiary/aromatic N) is 2. The largest absolute Gasteiger partial charge is 0.378 e. The van der Waals surface area contributed by atoms with Crippen LogP contribution in [0.5, 0.6) is 0 Å². The van der Waals surface area contributed by atoms with Gasteiger partial charge in [-0.1, -0.05) is 13.0 Å². The van der Waals surface area contributed by atoms with Crippen molar-refractivity contribution in [1.29, 1.82) is 0 Å². The Labute approximate surface area is 150 Å². The highest BCUT2D eigenvalue weighted by molar-refractivity contribution is 5.85. The van der Waals surface area contributed by atoms with Crippen LogP contribution in [-0.4, -0.2) is 50.8 Å². The van der Waals surface area contributed by atoms with E-state index in [0.29, 0.717) is 13.1 Å². The fourth-order valence-electron chi connectivity index (χ4n) is 2.38. The number of hydrogen-bond donors (Lipinski definition) is 2. The second-order valence-corrected chi connectivity index (χ2v) is 5.26. The molecule has 2 N–H and O–H groups in total. The summed E-state index contributed by atoms with van der Waals surface area (Å²) in [6, 6.07) is 3.92. The van der Waals surface area contributed by atoms with Gasteiger partial charge in [-0.15, -0.1) is 24.8 Å². The highest BCUT2D eigenvalue weighted by Gasteiger charge is 2.17. The number of halogens is 2. The summed E-state index contributed by atoms with van der Waals surface area (Å²) in [5, 5.41) is 6.00. The third-order valence-electron chi connectivity index (χ3n) is 3.59. The van der Waals surface area contributed by atoms with Crippen molar-refractivity contribution in [2.45, 2.75) is 13.5 Å². The van der Waals surface area contributed by atoms with Crippen molar-refractivity contribution in [2.75, 3.05) is 44.8 Å². The van der Waals surface area contributed by atoms with Gasteiger partial charge in [0, 0.05) is 43.9 Å². The molecule has 0 spiro atoms. The first-order valence-electron chi connectivity index (χ1n) is 7.41. The topological polar surface area (TPSA) is 66.5 Å². The zero-order valence-electron chi connectivity index (χ0n) is 13.6. The van der Waals surface area contributed by atoms with Gasteiger partial charge in [-0.3, -0.25) is 4.79 Å². The average Bonchev–Trinajstić information content (AvgIpc) is 2.54. The molecule has 1 unspecified atom stereocenters. The Morgan fingerprint density at radius 2 is 2.09 bits per heavy atom. The van der Waals surface area contributed by atoms with Gasteiger partial charge in [0.1, 0.15) is 5.82 Å². The number of rotatable bonds is 6. The molecule has 8 heteroatoms. The number of carbonyl (C=O) groups is 1. The van der Waals surface area contributed by atoms with Crippen molar-refractivity contribution >= 4 is 36.5 Å². The second-order valence-electron chi connectivity index (χ2n) is 5.26. The van der Waals surface area contributed by atoms with Crippen LogP contribution in [0, 0.1) is 5.92 Å². The summed E-state index contributed by atoms with van der Waals surface area (Å²) < 4.78 is 5.37. The van der Waals surface area contributed by atoms with Crippen LogP contribution in [0.3, 0.4) is 0 Å². The van der Waals surface area contributed by atoms with Gasteiger partial charge in [0.2, 0.25) is 5.91 Å². The SMILES string of the molecule is CNCC(C)C(=O)NCc1cccnc1N1CCOCC1.Cl.Cl. The van der Waals surface area contributed by atoms with Crippen molar-refractivity contribution in [3.63, 3.8) is 0 Å². The minimum Gasteiger partial charge on any atom is -0.378 e. The molecule has 1 amide bonds. The van der Waals surface area contributed by atoms with Crippen LogP contribution in [0.25, 0.3) is 0 Å². The van der Waals surface area contributed by atoms with Crippen molar-refractivity contribution in [3.05, 3.63) is 23.9 Å².